The van der Waals surface area contributed by atoms with E-state index in [9.17, 15) is 18.8 Å². The number of ether oxygens (including phenoxy) is 1. The van der Waals surface area contributed by atoms with Crippen molar-refractivity contribution in [1.29, 1.82) is 0 Å². The summed E-state index contributed by atoms with van der Waals surface area (Å²) in [7, 11) is 1.44. The second-order valence-corrected chi connectivity index (χ2v) is 7.59. The molecule has 3 aromatic rings. The van der Waals surface area contributed by atoms with Crippen LogP contribution in [0.2, 0.25) is 0 Å². The van der Waals surface area contributed by atoms with Crippen molar-refractivity contribution in [2.24, 2.45) is 5.92 Å². The molecule has 0 unspecified atom stereocenters. The highest BCUT2D eigenvalue weighted by molar-refractivity contribution is 6.05. The van der Waals surface area contributed by atoms with E-state index in [0.29, 0.717) is 0 Å². The number of carbonyl (C=O) groups excluding carboxylic acids is 1. The Morgan fingerprint density at radius 3 is 2.62 bits per heavy atom. The number of nitrogens with one attached hydrogen (secondary N) is 1. The Morgan fingerprint density at radius 2 is 1.97 bits per heavy atom. The van der Waals surface area contributed by atoms with E-state index in [-0.39, 0.29) is 54.2 Å². The van der Waals surface area contributed by atoms with Crippen molar-refractivity contribution in [3.05, 3.63) is 68.8 Å². The predicted octanol–water partition coefficient (Wildman–Crippen LogP) is 2.47. The van der Waals surface area contributed by atoms with E-state index in [1.54, 1.807) is 12.1 Å². The minimum Gasteiger partial charge on any atom is -0.451 e. The molecule has 32 heavy (non-hydrogen) atoms. The van der Waals surface area contributed by atoms with E-state index in [0.717, 1.165) is 4.90 Å². The molecule has 0 radical (unpaired) electrons. The molecule has 0 atom stereocenters. The summed E-state index contributed by atoms with van der Waals surface area (Å²) < 4.78 is 26.0. The summed E-state index contributed by atoms with van der Waals surface area (Å²) in [6, 6.07) is 8.84. The lowest BCUT2D eigenvalue weighted by Crippen LogP contribution is -2.42. The lowest BCUT2D eigenvalue weighted by Gasteiger charge is -2.24. The van der Waals surface area contributed by atoms with Crippen LogP contribution in [0.4, 0.5) is 15.9 Å². The van der Waals surface area contributed by atoms with Gasteiger partial charge in [-0.15, -0.1) is 0 Å². The van der Waals surface area contributed by atoms with E-state index < -0.39 is 23.0 Å². The van der Waals surface area contributed by atoms with Crippen molar-refractivity contribution in [3.63, 3.8) is 0 Å². The average Bonchev–Trinajstić information content (AvgIpc) is 3.23. The molecular weight excluding hydrogens is 419 g/mol. The van der Waals surface area contributed by atoms with Crippen molar-refractivity contribution in [1.82, 2.24) is 9.55 Å². The number of nitrogens with two attached hydrogens (primary N) is 1. The van der Waals surface area contributed by atoms with Gasteiger partial charge in [0.25, 0.3) is 11.5 Å². The van der Waals surface area contributed by atoms with Gasteiger partial charge in [-0.1, -0.05) is 26.0 Å². The van der Waals surface area contributed by atoms with Crippen LogP contribution in [-0.2, 0) is 11.3 Å². The number of aromatic nitrogens is 2. The molecule has 0 spiro atoms. The fraction of sp³-hybridized carbons (Fsp3) is 0.318. The number of furan rings is 1. The summed E-state index contributed by atoms with van der Waals surface area (Å²) in [6.45, 7) is 4.08. The maximum absolute atomic E-state index is 14.1. The highest BCUT2D eigenvalue weighted by atomic mass is 19.1. The summed E-state index contributed by atoms with van der Waals surface area (Å²) in [5.41, 5.74) is 4.70. The van der Waals surface area contributed by atoms with Gasteiger partial charge >= 0.3 is 5.69 Å². The lowest BCUT2D eigenvalue weighted by atomic mass is 10.1. The molecule has 0 saturated carbocycles. The SMILES string of the molecule is COCCN(C(=O)c1ccc(-c2ccccc2F)o1)c1c(N)n(CC(C)C)c(=O)[nH]c1=O. The van der Waals surface area contributed by atoms with Crippen LogP contribution in [-0.4, -0.2) is 35.7 Å². The number of aromatic amines is 1. The van der Waals surface area contributed by atoms with Gasteiger partial charge in [-0.3, -0.25) is 24.0 Å². The standard InChI is InChI=1S/C22H25FN4O5/c1-13(2)12-27-19(24)18(20(28)25-22(27)30)26(10-11-31-3)21(29)17-9-8-16(32-17)14-6-4-5-7-15(14)23/h4-9,13H,10-12,24H2,1-3H3,(H,25,28,30). The Bertz CT molecular complexity index is 1230. The van der Waals surface area contributed by atoms with Gasteiger partial charge in [0.15, 0.2) is 11.4 Å². The van der Waals surface area contributed by atoms with Crippen LogP contribution in [0.3, 0.4) is 0 Å². The summed E-state index contributed by atoms with van der Waals surface area (Å²) >= 11 is 0. The molecule has 10 heteroatoms. The second kappa shape index (κ2) is 9.65. The van der Waals surface area contributed by atoms with Gasteiger partial charge in [-0.05, 0) is 30.2 Å². The largest absolute Gasteiger partial charge is 0.451 e. The Kier molecular flexibility index (Phi) is 6.94. The van der Waals surface area contributed by atoms with Crippen LogP contribution in [0, 0.1) is 11.7 Å². The molecule has 170 valence electrons. The Labute approximate surface area is 183 Å². The van der Waals surface area contributed by atoms with E-state index in [4.69, 9.17) is 14.9 Å². The third-order valence-electron chi connectivity index (χ3n) is 4.75. The zero-order valence-electron chi connectivity index (χ0n) is 18.1. The third-order valence-corrected chi connectivity index (χ3v) is 4.75. The van der Waals surface area contributed by atoms with E-state index in [1.807, 2.05) is 13.8 Å². The summed E-state index contributed by atoms with van der Waals surface area (Å²) in [5.74, 6) is -1.23. The topological polar surface area (TPSA) is 124 Å². The summed E-state index contributed by atoms with van der Waals surface area (Å²) in [4.78, 5) is 41.5. The molecule has 0 saturated heterocycles. The summed E-state index contributed by atoms with van der Waals surface area (Å²) in [5, 5.41) is 0. The van der Waals surface area contributed by atoms with Crippen molar-refractivity contribution in [3.8, 4) is 11.3 Å². The van der Waals surface area contributed by atoms with Gasteiger partial charge in [-0.2, -0.15) is 0 Å². The fourth-order valence-corrected chi connectivity index (χ4v) is 3.27. The van der Waals surface area contributed by atoms with Gasteiger partial charge in [0, 0.05) is 13.7 Å². The highest BCUT2D eigenvalue weighted by Crippen LogP contribution is 2.27. The first-order valence-corrected chi connectivity index (χ1v) is 10.0. The van der Waals surface area contributed by atoms with Crippen LogP contribution >= 0.6 is 0 Å². The minimum atomic E-state index is -0.808. The van der Waals surface area contributed by atoms with Crippen molar-refractivity contribution in [2.75, 3.05) is 30.9 Å². The monoisotopic (exact) mass is 444 g/mol. The van der Waals surface area contributed by atoms with Gasteiger partial charge in [0.1, 0.15) is 17.4 Å². The summed E-state index contributed by atoms with van der Waals surface area (Å²) in [6.07, 6.45) is 0. The molecule has 2 heterocycles. The molecule has 9 nitrogen and oxygen atoms in total. The first kappa shape index (κ1) is 23.0. The van der Waals surface area contributed by atoms with Crippen molar-refractivity contribution < 1.29 is 18.3 Å². The Balaban J connectivity index is 2.07. The number of hydrogen-bond donors (Lipinski definition) is 2. The van der Waals surface area contributed by atoms with Crippen molar-refractivity contribution in [2.45, 2.75) is 20.4 Å². The first-order chi connectivity index (χ1) is 15.2. The molecule has 3 N–H and O–H groups in total. The van der Waals surface area contributed by atoms with Crippen LogP contribution in [0.15, 0.2) is 50.4 Å². The predicted molar refractivity (Wildman–Crippen MR) is 118 cm³/mol. The molecule has 0 fully saturated rings. The Hall–Kier alpha value is -3.66. The maximum atomic E-state index is 14.1. The molecule has 2 aromatic heterocycles. The maximum Gasteiger partial charge on any atom is 0.330 e. The van der Waals surface area contributed by atoms with Gasteiger partial charge in [0.05, 0.1) is 18.7 Å². The lowest BCUT2D eigenvalue weighted by molar-refractivity contribution is 0.0949. The number of anilines is 2. The van der Waals surface area contributed by atoms with Gasteiger partial charge in [0.2, 0.25) is 0 Å². The van der Waals surface area contributed by atoms with Crippen LogP contribution in [0.5, 0.6) is 0 Å². The zero-order valence-corrected chi connectivity index (χ0v) is 18.1. The van der Waals surface area contributed by atoms with Crippen molar-refractivity contribution >= 4 is 17.4 Å². The molecule has 0 bridgehead atoms. The fourth-order valence-electron chi connectivity index (χ4n) is 3.27. The minimum absolute atomic E-state index is 0.0295. The number of H-pyrrole nitrogens is 1. The first-order valence-electron chi connectivity index (χ1n) is 10.0. The zero-order chi connectivity index (χ0) is 23.4. The normalized spacial score (nSPS) is 11.2. The van der Waals surface area contributed by atoms with E-state index in [1.165, 1.54) is 35.9 Å². The number of methoxy groups -OCH3 is 1. The number of rotatable bonds is 8. The third kappa shape index (κ3) is 4.65. The number of carbonyl (C=O) groups is 1. The molecule has 0 aliphatic heterocycles. The molecule has 0 aliphatic rings. The second-order valence-electron chi connectivity index (χ2n) is 7.59. The number of hydrogen-bond acceptors (Lipinski definition) is 6. The van der Waals surface area contributed by atoms with E-state index >= 15 is 0 Å². The molecule has 1 aromatic carbocycles. The van der Waals surface area contributed by atoms with E-state index in [2.05, 4.69) is 4.98 Å². The van der Waals surface area contributed by atoms with Crippen LogP contribution < -0.4 is 21.9 Å². The number of nitrogen functional groups attached to an aromatic ring is 1. The highest BCUT2D eigenvalue weighted by Gasteiger charge is 2.27. The smallest absolute Gasteiger partial charge is 0.330 e. The number of nitrogens with zero attached hydrogens (tertiary/aromatic N) is 2. The van der Waals surface area contributed by atoms with Gasteiger partial charge in [-0.25, -0.2) is 9.18 Å². The average molecular weight is 444 g/mol. The quantitative estimate of drug-likeness (QED) is 0.550. The van der Waals surface area contributed by atoms with Gasteiger partial charge < -0.3 is 14.9 Å². The Morgan fingerprint density at radius 1 is 1.25 bits per heavy atom. The molecular formula is C22H25FN4O5. The molecule has 0 aliphatic carbocycles. The number of halogens is 1. The van der Waals surface area contributed by atoms with Crippen LogP contribution in [0.1, 0.15) is 24.4 Å². The molecule has 1 amide bonds. The molecule has 3 rings (SSSR count). The van der Waals surface area contributed by atoms with Crippen LogP contribution in [0.25, 0.3) is 11.3 Å². The number of benzene rings is 1. The number of amides is 1.